The maximum Gasteiger partial charge on any atom is 0.472 e. The summed E-state index contributed by atoms with van der Waals surface area (Å²) in [5.74, 6) is -1.60. The van der Waals surface area contributed by atoms with Gasteiger partial charge in [-0.15, -0.1) is 0 Å². The number of carbonyl (C=O) groups excluding carboxylic acids is 2. The number of allylic oxidation sites excluding steroid dienone is 17. The van der Waals surface area contributed by atoms with E-state index in [0.29, 0.717) is 12.8 Å². The van der Waals surface area contributed by atoms with Crippen molar-refractivity contribution in [3.63, 3.8) is 0 Å². The molecule has 0 heterocycles. The number of unbranched alkanes of at least 4 members (excludes halogenated alkanes) is 3. The van der Waals surface area contributed by atoms with Crippen molar-refractivity contribution in [3.8, 4) is 0 Å². The molecule has 9 N–H and O–H groups in total. The molecule has 20 heteroatoms. The predicted molar refractivity (Wildman–Crippen MR) is 271 cm³/mol. The summed E-state index contributed by atoms with van der Waals surface area (Å²) in [6.45, 7) is 2.64. The molecule has 0 spiro atoms. The molecular weight excluding hydrogens is 962 g/mol. The fourth-order valence-corrected chi connectivity index (χ4v) is 8.16. The maximum absolute atomic E-state index is 13.0. The van der Waals surface area contributed by atoms with Gasteiger partial charge in [0.05, 0.1) is 18.8 Å². The molecule has 0 aromatic heterocycles. The molecule has 5 unspecified atom stereocenters. The van der Waals surface area contributed by atoms with Crippen molar-refractivity contribution in [3.05, 3.63) is 109 Å². The summed E-state index contributed by atoms with van der Waals surface area (Å²) in [7, 11) is -10.8. The van der Waals surface area contributed by atoms with Gasteiger partial charge in [0.15, 0.2) is 6.10 Å². The van der Waals surface area contributed by atoms with Gasteiger partial charge in [-0.3, -0.25) is 23.2 Å². The van der Waals surface area contributed by atoms with E-state index < -0.39 is 95.7 Å². The smallest absolute Gasteiger partial charge is 0.462 e. The zero-order valence-corrected chi connectivity index (χ0v) is 43.1. The van der Waals surface area contributed by atoms with Gasteiger partial charge < -0.3 is 54.8 Å². The second-order valence-corrected chi connectivity index (χ2v) is 19.3. The van der Waals surface area contributed by atoms with Crippen LogP contribution in [0.4, 0.5) is 0 Å². The molecule has 71 heavy (non-hydrogen) atoms. The number of rotatable bonds is 39. The molecule has 0 aliphatic heterocycles. The quantitative estimate of drug-likeness (QED) is 0.0123. The second-order valence-electron chi connectivity index (χ2n) is 16.8. The number of aliphatic hydroxyl groups is 6. The molecule has 0 radical (unpaired) electrons. The molecule has 1 fully saturated rings. The standard InChI is InChI=1S/C51H82O18P2/c1-3-5-7-9-11-13-15-17-18-19-20-21-22-23-25-27-29-31-33-37-45(55)67-41(40-66-71(63,64)69-51-48(58)46(56)47(57)50(49(51)59)68-70(60,61)62)39-65-44(54)38-34-36-43(53)42(52)35-32-30-28-26-24-16-14-12-10-8-6-4-2/h6,8,11-14,17-18,20-21,23-26,29-32,41-43,46-53,56-59H,3-5,7,9-10,15-16,19,22,27-28,33-40H2,1-2H3,(H,63,64)(H2,60,61,62)/b8-6-,13-11-,14-12-,18-17-,21-20-,25-23-,26-24-,31-29-,32-30-/t41-,42+,43+,46?,47?,48?,49?,50-,51+/m1/s1. The highest BCUT2D eigenvalue weighted by Crippen LogP contribution is 2.49. The van der Waals surface area contributed by atoms with Crippen LogP contribution in [-0.2, 0) is 41.8 Å². The molecule has 1 saturated carbocycles. The molecule has 1 rings (SSSR count). The first-order valence-corrected chi connectivity index (χ1v) is 27.6. The number of phosphoric ester groups is 2. The number of carbonyl (C=O) groups is 2. The van der Waals surface area contributed by atoms with Crippen LogP contribution >= 0.6 is 15.6 Å². The van der Waals surface area contributed by atoms with Crippen LogP contribution in [0.1, 0.15) is 129 Å². The third-order valence-corrected chi connectivity index (χ3v) is 12.0. The summed E-state index contributed by atoms with van der Waals surface area (Å²) in [6, 6.07) is 0. The fraction of sp³-hybridized carbons (Fsp3) is 0.608. The van der Waals surface area contributed by atoms with E-state index in [0.717, 1.165) is 44.9 Å². The van der Waals surface area contributed by atoms with Gasteiger partial charge in [0.25, 0.3) is 0 Å². The van der Waals surface area contributed by atoms with Gasteiger partial charge in [-0.05, 0) is 89.9 Å². The Morgan fingerprint density at radius 3 is 1.51 bits per heavy atom. The zero-order valence-electron chi connectivity index (χ0n) is 41.3. The Morgan fingerprint density at radius 1 is 0.521 bits per heavy atom. The Morgan fingerprint density at radius 2 is 1.00 bits per heavy atom. The van der Waals surface area contributed by atoms with E-state index in [2.05, 4.69) is 79.1 Å². The third-order valence-electron chi connectivity index (χ3n) is 10.5. The lowest BCUT2D eigenvalue weighted by Gasteiger charge is -2.43. The Balaban J connectivity index is 2.74. The fourth-order valence-electron chi connectivity index (χ4n) is 6.62. The SMILES string of the molecule is CC/C=C\C/C=C\C/C=C\C/C=C\C[C@H](O)[C@@H](O)CCCC(=O)OC[C@H](COP(=O)(O)O[C@H]1C(O)C(O)C(O)[C@@H](OP(=O)(O)O)C1O)OC(=O)CC/C=C\C/C=C\C/C=C\C/C=C\C/C=C\CCCCC. The van der Waals surface area contributed by atoms with Gasteiger partial charge in [-0.1, -0.05) is 136 Å². The molecule has 10 atom stereocenters. The molecule has 0 amide bonds. The summed E-state index contributed by atoms with van der Waals surface area (Å²) < 4.78 is 49.1. The number of hydrogen-bond donors (Lipinski definition) is 9. The molecular formula is C51H82O18P2. The first kappa shape index (κ1) is 65.6. The predicted octanol–water partition coefficient (Wildman–Crippen LogP) is 7.67. The first-order chi connectivity index (χ1) is 33.9. The van der Waals surface area contributed by atoms with E-state index in [1.165, 1.54) is 19.3 Å². The molecule has 0 saturated heterocycles. The normalized spacial score (nSPS) is 22.7. The summed E-state index contributed by atoms with van der Waals surface area (Å²) >= 11 is 0. The number of ether oxygens (including phenoxy) is 2. The van der Waals surface area contributed by atoms with Crippen LogP contribution in [0.5, 0.6) is 0 Å². The van der Waals surface area contributed by atoms with Gasteiger partial charge in [-0.2, -0.15) is 0 Å². The lowest BCUT2D eigenvalue weighted by molar-refractivity contribution is -0.216. The van der Waals surface area contributed by atoms with E-state index in [1.54, 1.807) is 12.2 Å². The molecule has 0 aromatic rings. The van der Waals surface area contributed by atoms with Crippen LogP contribution in [0.3, 0.4) is 0 Å². The van der Waals surface area contributed by atoms with Gasteiger partial charge in [0.1, 0.15) is 43.2 Å². The Labute approximate surface area is 420 Å². The highest BCUT2D eigenvalue weighted by Gasteiger charge is 2.54. The van der Waals surface area contributed by atoms with Gasteiger partial charge >= 0.3 is 27.6 Å². The number of hydrogen-bond acceptors (Lipinski definition) is 15. The average Bonchev–Trinajstić information content (AvgIpc) is 3.32. The van der Waals surface area contributed by atoms with Crippen LogP contribution in [0.15, 0.2) is 109 Å². The van der Waals surface area contributed by atoms with Crippen molar-refractivity contribution in [2.75, 3.05) is 13.2 Å². The molecule has 0 bridgehead atoms. The highest BCUT2D eigenvalue weighted by molar-refractivity contribution is 7.47. The van der Waals surface area contributed by atoms with Crippen LogP contribution in [-0.4, -0.2) is 125 Å². The van der Waals surface area contributed by atoms with Crippen molar-refractivity contribution < 1.29 is 87.1 Å². The average molecular weight is 1050 g/mol. The van der Waals surface area contributed by atoms with Crippen LogP contribution in [0.25, 0.3) is 0 Å². The minimum absolute atomic E-state index is 0.0525. The number of esters is 2. The molecule has 1 aliphatic carbocycles. The highest BCUT2D eigenvalue weighted by atomic mass is 31.2. The van der Waals surface area contributed by atoms with Crippen molar-refractivity contribution >= 4 is 27.6 Å². The second kappa shape index (κ2) is 40.0. The number of aliphatic hydroxyl groups excluding tert-OH is 6. The van der Waals surface area contributed by atoms with Gasteiger partial charge in [0, 0.05) is 12.8 Å². The van der Waals surface area contributed by atoms with E-state index in [4.69, 9.17) is 18.5 Å². The Hall–Kier alpha value is -3.42. The van der Waals surface area contributed by atoms with E-state index >= 15 is 0 Å². The van der Waals surface area contributed by atoms with E-state index in [-0.39, 0.29) is 38.5 Å². The maximum atomic E-state index is 13.0. The summed E-state index contributed by atoms with van der Waals surface area (Å²) in [6.07, 6.45) is 30.6. The molecule has 18 nitrogen and oxygen atoms in total. The van der Waals surface area contributed by atoms with Crippen molar-refractivity contribution in [1.82, 2.24) is 0 Å². The van der Waals surface area contributed by atoms with Crippen LogP contribution in [0, 0.1) is 0 Å². The van der Waals surface area contributed by atoms with E-state index in [9.17, 15) is 64.0 Å². The van der Waals surface area contributed by atoms with Crippen LogP contribution in [0.2, 0.25) is 0 Å². The van der Waals surface area contributed by atoms with Crippen molar-refractivity contribution in [1.29, 1.82) is 0 Å². The molecule has 404 valence electrons. The third kappa shape index (κ3) is 33.8. The summed E-state index contributed by atoms with van der Waals surface area (Å²) in [4.78, 5) is 54.4. The minimum atomic E-state index is -5.41. The largest absolute Gasteiger partial charge is 0.472 e. The van der Waals surface area contributed by atoms with Gasteiger partial charge in [0.2, 0.25) is 0 Å². The van der Waals surface area contributed by atoms with Gasteiger partial charge in [-0.25, -0.2) is 9.13 Å². The van der Waals surface area contributed by atoms with Crippen LogP contribution < -0.4 is 0 Å². The first-order valence-electron chi connectivity index (χ1n) is 24.6. The topological polar surface area (TPSA) is 296 Å². The molecule has 1 aliphatic rings. The lowest BCUT2D eigenvalue weighted by atomic mass is 9.85. The lowest BCUT2D eigenvalue weighted by Crippen LogP contribution is -2.64. The van der Waals surface area contributed by atoms with Crippen molar-refractivity contribution in [2.45, 2.75) is 184 Å². The Kier molecular flexibility index (Phi) is 37.0. The number of phosphoric acid groups is 2. The zero-order chi connectivity index (χ0) is 52.8. The van der Waals surface area contributed by atoms with Crippen molar-refractivity contribution in [2.24, 2.45) is 0 Å². The van der Waals surface area contributed by atoms with E-state index in [1.807, 2.05) is 36.5 Å². The minimum Gasteiger partial charge on any atom is -0.462 e. The summed E-state index contributed by atoms with van der Waals surface area (Å²) in [5, 5.41) is 62.1. The monoisotopic (exact) mass is 1040 g/mol. The Bertz CT molecular complexity index is 1820. The summed E-state index contributed by atoms with van der Waals surface area (Å²) in [5.41, 5.74) is 0. The molecule has 0 aromatic carbocycles.